The molecule has 142 valence electrons. The molecule has 0 radical (unpaired) electrons. The second kappa shape index (κ2) is 6.44. The van der Waals surface area contributed by atoms with Gasteiger partial charge in [0.2, 0.25) is 5.95 Å². The zero-order chi connectivity index (χ0) is 19.1. The van der Waals surface area contributed by atoms with Crippen molar-refractivity contribution in [2.75, 3.05) is 24.5 Å². The molecular formula is C21H21N5O2. The van der Waals surface area contributed by atoms with E-state index in [0.717, 1.165) is 25.3 Å². The van der Waals surface area contributed by atoms with Gasteiger partial charge in [0.15, 0.2) is 0 Å². The summed E-state index contributed by atoms with van der Waals surface area (Å²) in [7, 11) is 0. The maximum atomic E-state index is 12.8. The van der Waals surface area contributed by atoms with Crippen LogP contribution in [0, 0.1) is 6.92 Å². The molecule has 1 saturated heterocycles. The van der Waals surface area contributed by atoms with Crippen molar-refractivity contribution >= 4 is 17.5 Å². The van der Waals surface area contributed by atoms with Crippen LogP contribution in [0.25, 0.3) is 0 Å². The molecule has 3 aromatic rings. The van der Waals surface area contributed by atoms with Crippen LogP contribution in [-0.4, -0.2) is 45.6 Å². The van der Waals surface area contributed by atoms with E-state index in [2.05, 4.69) is 44.3 Å². The van der Waals surface area contributed by atoms with Gasteiger partial charge < -0.3 is 14.3 Å². The number of amides is 1. The van der Waals surface area contributed by atoms with E-state index in [1.54, 1.807) is 19.3 Å². The first kappa shape index (κ1) is 16.9. The Bertz CT molecular complexity index is 1010. The average Bonchev–Trinajstić information content (AvgIpc) is 3.31. The Morgan fingerprint density at radius 1 is 1.11 bits per heavy atom. The van der Waals surface area contributed by atoms with Crippen molar-refractivity contribution in [1.29, 1.82) is 0 Å². The van der Waals surface area contributed by atoms with Gasteiger partial charge in [-0.3, -0.25) is 4.79 Å². The smallest absolute Gasteiger partial charge is 0.259 e. The number of likely N-dealkylation sites (tertiary alicyclic amines) is 1. The molecule has 2 aliphatic heterocycles. The van der Waals surface area contributed by atoms with Crippen LogP contribution >= 0.6 is 0 Å². The molecule has 5 rings (SSSR count). The van der Waals surface area contributed by atoms with Gasteiger partial charge in [0, 0.05) is 43.1 Å². The Labute approximate surface area is 163 Å². The zero-order valence-corrected chi connectivity index (χ0v) is 15.7. The van der Waals surface area contributed by atoms with Crippen molar-refractivity contribution in [2.24, 2.45) is 0 Å². The van der Waals surface area contributed by atoms with Crippen LogP contribution in [0.4, 0.5) is 11.6 Å². The van der Waals surface area contributed by atoms with Crippen molar-refractivity contribution in [3.63, 3.8) is 0 Å². The Hall–Kier alpha value is -3.22. The van der Waals surface area contributed by atoms with Gasteiger partial charge in [-0.15, -0.1) is 0 Å². The standard InChI is InChI=1S/C21H21N5O2/c1-15-16(13-28-24-15)19(27)25-11-7-21(8-12-25)14-26(20-22-9-4-10-23-20)18-6-3-2-5-17(18)21/h2-6,9-10,13H,7-8,11-12,14H2,1H3. The monoisotopic (exact) mass is 375 g/mol. The first-order chi connectivity index (χ1) is 13.7. The number of piperidine rings is 1. The topological polar surface area (TPSA) is 75.4 Å². The van der Waals surface area contributed by atoms with E-state index in [1.165, 1.54) is 17.5 Å². The molecule has 1 spiro atoms. The third kappa shape index (κ3) is 2.58. The van der Waals surface area contributed by atoms with Crippen molar-refractivity contribution in [2.45, 2.75) is 25.2 Å². The summed E-state index contributed by atoms with van der Waals surface area (Å²) in [6, 6.07) is 10.3. The van der Waals surface area contributed by atoms with E-state index in [0.29, 0.717) is 24.3 Å². The van der Waals surface area contributed by atoms with E-state index in [1.807, 2.05) is 11.0 Å². The predicted octanol–water partition coefficient (Wildman–Crippen LogP) is 3.10. The molecule has 7 heteroatoms. The molecule has 2 aromatic heterocycles. The van der Waals surface area contributed by atoms with Crippen LogP contribution in [0.1, 0.15) is 34.5 Å². The van der Waals surface area contributed by atoms with E-state index in [-0.39, 0.29) is 11.3 Å². The lowest BCUT2D eigenvalue weighted by Crippen LogP contribution is -2.47. The molecule has 1 amide bonds. The number of aryl methyl sites for hydroxylation is 1. The molecule has 0 saturated carbocycles. The fourth-order valence-electron chi connectivity index (χ4n) is 4.47. The first-order valence-corrected chi connectivity index (χ1v) is 9.52. The molecule has 0 bridgehead atoms. The van der Waals surface area contributed by atoms with Crippen LogP contribution in [-0.2, 0) is 5.41 Å². The Kier molecular flexibility index (Phi) is 3.89. The van der Waals surface area contributed by atoms with Crippen LogP contribution in [0.2, 0.25) is 0 Å². The summed E-state index contributed by atoms with van der Waals surface area (Å²) in [5.74, 6) is 0.730. The normalized spacial score (nSPS) is 17.8. The summed E-state index contributed by atoms with van der Waals surface area (Å²) in [6.07, 6.45) is 6.81. The summed E-state index contributed by atoms with van der Waals surface area (Å²) in [5.41, 5.74) is 3.71. The Balaban J connectivity index is 1.41. The zero-order valence-electron chi connectivity index (χ0n) is 15.7. The highest BCUT2D eigenvalue weighted by atomic mass is 16.5. The van der Waals surface area contributed by atoms with Crippen LogP contribution < -0.4 is 4.90 Å². The third-order valence-corrected chi connectivity index (χ3v) is 6.01. The molecule has 4 heterocycles. The van der Waals surface area contributed by atoms with Gasteiger partial charge in [-0.05, 0) is 37.5 Å². The van der Waals surface area contributed by atoms with Crippen LogP contribution in [0.3, 0.4) is 0 Å². The number of rotatable bonds is 2. The van der Waals surface area contributed by atoms with Crippen molar-refractivity contribution in [1.82, 2.24) is 20.0 Å². The molecule has 0 N–H and O–H groups in total. The average molecular weight is 375 g/mol. The molecule has 0 atom stereocenters. The SMILES string of the molecule is Cc1nocc1C(=O)N1CCC2(CC1)CN(c1ncccn1)c1ccccc12. The fourth-order valence-corrected chi connectivity index (χ4v) is 4.47. The molecule has 1 aromatic carbocycles. The van der Waals surface area contributed by atoms with Gasteiger partial charge in [-0.2, -0.15) is 0 Å². The minimum atomic E-state index is 0.00290. The minimum absolute atomic E-state index is 0.00290. The summed E-state index contributed by atoms with van der Waals surface area (Å²) >= 11 is 0. The van der Waals surface area contributed by atoms with Crippen molar-refractivity contribution < 1.29 is 9.32 Å². The number of carbonyl (C=O) groups is 1. The maximum Gasteiger partial charge on any atom is 0.259 e. The number of carbonyl (C=O) groups excluding carboxylic acids is 1. The quantitative estimate of drug-likeness (QED) is 0.685. The highest BCUT2D eigenvalue weighted by Crippen LogP contribution is 2.48. The number of fused-ring (bicyclic) bond motifs is 2. The lowest BCUT2D eigenvalue weighted by atomic mass is 9.74. The second-order valence-electron chi connectivity index (χ2n) is 7.54. The molecule has 7 nitrogen and oxygen atoms in total. The molecular weight excluding hydrogens is 354 g/mol. The minimum Gasteiger partial charge on any atom is -0.364 e. The number of para-hydroxylation sites is 1. The van der Waals surface area contributed by atoms with Crippen molar-refractivity contribution in [3.05, 3.63) is 65.8 Å². The lowest BCUT2D eigenvalue weighted by Gasteiger charge is -2.39. The third-order valence-electron chi connectivity index (χ3n) is 6.01. The predicted molar refractivity (Wildman–Crippen MR) is 104 cm³/mol. The van der Waals surface area contributed by atoms with E-state index < -0.39 is 0 Å². The van der Waals surface area contributed by atoms with E-state index in [4.69, 9.17) is 4.52 Å². The number of nitrogens with zero attached hydrogens (tertiary/aromatic N) is 5. The van der Waals surface area contributed by atoms with Gasteiger partial charge >= 0.3 is 0 Å². The Morgan fingerprint density at radius 2 is 1.86 bits per heavy atom. The van der Waals surface area contributed by atoms with Crippen LogP contribution in [0.5, 0.6) is 0 Å². The molecule has 2 aliphatic rings. The van der Waals surface area contributed by atoms with Gasteiger partial charge in [0.25, 0.3) is 5.91 Å². The van der Waals surface area contributed by atoms with Gasteiger partial charge in [0.05, 0.1) is 5.69 Å². The largest absolute Gasteiger partial charge is 0.364 e. The first-order valence-electron chi connectivity index (χ1n) is 9.52. The van der Waals surface area contributed by atoms with Crippen LogP contribution in [0.15, 0.2) is 53.5 Å². The number of benzene rings is 1. The van der Waals surface area contributed by atoms with E-state index in [9.17, 15) is 4.79 Å². The number of hydrogen-bond donors (Lipinski definition) is 0. The summed E-state index contributed by atoms with van der Waals surface area (Å²) in [6.45, 7) is 4.06. The molecule has 0 aliphatic carbocycles. The maximum absolute atomic E-state index is 12.8. The van der Waals surface area contributed by atoms with E-state index >= 15 is 0 Å². The molecule has 28 heavy (non-hydrogen) atoms. The summed E-state index contributed by atoms with van der Waals surface area (Å²) < 4.78 is 4.94. The van der Waals surface area contributed by atoms with Gasteiger partial charge in [0.1, 0.15) is 11.8 Å². The lowest BCUT2D eigenvalue weighted by molar-refractivity contribution is 0.0673. The molecule has 0 unspecified atom stereocenters. The second-order valence-corrected chi connectivity index (χ2v) is 7.54. The van der Waals surface area contributed by atoms with Gasteiger partial charge in [-0.25, -0.2) is 9.97 Å². The summed E-state index contributed by atoms with van der Waals surface area (Å²) in [4.78, 5) is 25.8. The highest BCUT2D eigenvalue weighted by molar-refractivity contribution is 5.95. The highest BCUT2D eigenvalue weighted by Gasteiger charge is 2.46. The van der Waals surface area contributed by atoms with Crippen molar-refractivity contribution in [3.8, 4) is 0 Å². The fraction of sp³-hybridized carbons (Fsp3) is 0.333. The number of anilines is 2. The number of aromatic nitrogens is 3. The van der Waals surface area contributed by atoms with Gasteiger partial charge in [-0.1, -0.05) is 23.4 Å². The Morgan fingerprint density at radius 3 is 2.57 bits per heavy atom. The summed E-state index contributed by atoms with van der Waals surface area (Å²) in [5, 5.41) is 3.83. The molecule has 1 fully saturated rings. The number of hydrogen-bond acceptors (Lipinski definition) is 6.